The van der Waals surface area contributed by atoms with Crippen LogP contribution in [0.2, 0.25) is 0 Å². The lowest BCUT2D eigenvalue weighted by Gasteiger charge is -2.22. The fourth-order valence-corrected chi connectivity index (χ4v) is 3.44. The van der Waals surface area contributed by atoms with E-state index in [9.17, 15) is 13.2 Å². The highest BCUT2D eigenvalue weighted by molar-refractivity contribution is 7.90. The molecule has 0 radical (unpaired) electrons. The maximum atomic E-state index is 12.6. The van der Waals surface area contributed by atoms with E-state index in [-0.39, 0.29) is 10.8 Å². The summed E-state index contributed by atoms with van der Waals surface area (Å²) >= 11 is 0. The number of carbonyl (C=O) groups excluding carboxylic acids is 1. The van der Waals surface area contributed by atoms with Crippen LogP contribution in [0, 0.1) is 0 Å². The minimum Gasteiger partial charge on any atom is -0.481 e. The molecule has 1 amide bonds. The molecule has 0 saturated carbocycles. The van der Waals surface area contributed by atoms with Gasteiger partial charge in [0.2, 0.25) is 0 Å². The summed E-state index contributed by atoms with van der Waals surface area (Å²) in [4.78, 5) is 14.6. The second-order valence-electron chi connectivity index (χ2n) is 5.87. The van der Waals surface area contributed by atoms with Gasteiger partial charge in [0.15, 0.2) is 15.9 Å². The molecule has 0 saturated heterocycles. The van der Waals surface area contributed by atoms with Crippen molar-refractivity contribution in [1.29, 1.82) is 0 Å². The third-order valence-electron chi connectivity index (χ3n) is 4.07. The zero-order valence-corrected chi connectivity index (χ0v) is 14.4. The number of sulfone groups is 1. The minimum absolute atomic E-state index is 0.105. The molecule has 2 aromatic carbocycles. The van der Waals surface area contributed by atoms with E-state index in [2.05, 4.69) is 0 Å². The number of anilines is 1. The molecular formula is C18H19NO4S. The number of nitrogens with zero attached hydrogens (tertiary/aromatic N) is 1. The fourth-order valence-electron chi connectivity index (χ4n) is 2.81. The van der Waals surface area contributed by atoms with E-state index in [4.69, 9.17) is 4.74 Å². The molecule has 126 valence electrons. The van der Waals surface area contributed by atoms with E-state index in [1.165, 1.54) is 12.1 Å². The van der Waals surface area contributed by atoms with Gasteiger partial charge in [-0.2, -0.15) is 0 Å². The summed E-state index contributed by atoms with van der Waals surface area (Å²) in [6.07, 6.45) is 1.34. The lowest BCUT2D eigenvalue weighted by molar-refractivity contribution is -0.124. The molecule has 0 N–H and O–H groups in total. The van der Waals surface area contributed by atoms with Gasteiger partial charge in [0, 0.05) is 18.5 Å². The van der Waals surface area contributed by atoms with Crippen LogP contribution in [-0.2, 0) is 21.1 Å². The molecule has 1 aliphatic heterocycles. The van der Waals surface area contributed by atoms with Gasteiger partial charge in [-0.25, -0.2) is 8.42 Å². The van der Waals surface area contributed by atoms with E-state index in [0.29, 0.717) is 12.3 Å². The van der Waals surface area contributed by atoms with Crippen LogP contribution in [0.3, 0.4) is 0 Å². The summed E-state index contributed by atoms with van der Waals surface area (Å²) in [5, 5.41) is 0. The van der Waals surface area contributed by atoms with Gasteiger partial charge < -0.3 is 9.64 Å². The number of carbonyl (C=O) groups is 1. The molecule has 24 heavy (non-hydrogen) atoms. The lowest BCUT2D eigenvalue weighted by Crippen LogP contribution is -2.39. The fraction of sp³-hybridized carbons (Fsp3) is 0.278. The van der Waals surface area contributed by atoms with Crippen molar-refractivity contribution in [3.63, 3.8) is 0 Å². The second-order valence-corrected chi connectivity index (χ2v) is 7.89. The van der Waals surface area contributed by atoms with Crippen molar-refractivity contribution in [2.24, 2.45) is 0 Å². The van der Waals surface area contributed by atoms with Gasteiger partial charge in [-0.15, -0.1) is 0 Å². The van der Waals surface area contributed by atoms with Crippen LogP contribution >= 0.6 is 0 Å². The van der Waals surface area contributed by atoms with E-state index >= 15 is 0 Å². The highest BCUT2D eigenvalue weighted by atomic mass is 32.2. The predicted octanol–water partition coefficient (Wildman–Crippen LogP) is 2.45. The van der Waals surface area contributed by atoms with Crippen LogP contribution in [0.4, 0.5) is 5.69 Å². The maximum absolute atomic E-state index is 12.6. The van der Waals surface area contributed by atoms with Gasteiger partial charge in [0.25, 0.3) is 5.91 Å². The van der Waals surface area contributed by atoms with Crippen molar-refractivity contribution in [3.8, 4) is 5.75 Å². The number of fused-ring (bicyclic) bond motifs is 1. The third-order valence-corrected chi connectivity index (χ3v) is 5.19. The normalized spacial score (nSPS) is 15.0. The molecule has 0 aliphatic carbocycles. The summed E-state index contributed by atoms with van der Waals surface area (Å²) in [6, 6.07) is 13.9. The Labute approximate surface area is 141 Å². The van der Waals surface area contributed by atoms with Crippen LogP contribution in [0.5, 0.6) is 5.75 Å². The first kappa shape index (κ1) is 16.5. The Hall–Kier alpha value is -2.34. The topological polar surface area (TPSA) is 63.7 Å². The van der Waals surface area contributed by atoms with Crippen LogP contribution in [0.15, 0.2) is 53.4 Å². The number of hydrogen-bond acceptors (Lipinski definition) is 4. The molecule has 0 bridgehead atoms. The van der Waals surface area contributed by atoms with Crippen LogP contribution in [-0.4, -0.2) is 33.2 Å². The van der Waals surface area contributed by atoms with Crippen molar-refractivity contribution in [1.82, 2.24) is 0 Å². The van der Waals surface area contributed by atoms with E-state index in [1.807, 2.05) is 24.3 Å². The molecule has 0 spiro atoms. The highest BCUT2D eigenvalue weighted by Crippen LogP contribution is 2.28. The second kappa shape index (κ2) is 6.28. The Bertz CT molecular complexity index is 859. The lowest BCUT2D eigenvalue weighted by atomic mass is 10.2. The highest BCUT2D eigenvalue weighted by Gasteiger charge is 2.28. The van der Waals surface area contributed by atoms with Gasteiger partial charge in [-0.3, -0.25) is 4.79 Å². The Morgan fingerprint density at radius 1 is 1.12 bits per heavy atom. The minimum atomic E-state index is -3.24. The van der Waals surface area contributed by atoms with Crippen molar-refractivity contribution in [2.45, 2.75) is 24.3 Å². The number of rotatable bonds is 4. The molecule has 3 rings (SSSR count). The quantitative estimate of drug-likeness (QED) is 0.854. The zero-order chi connectivity index (χ0) is 17.3. The number of benzene rings is 2. The number of hydrogen-bond donors (Lipinski definition) is 0. The molecule has 2 aromatic rings. The number of para-hydroxylation sites is 1. The first-order valence-electron chi connectivity index (χ1n) is 7.72. The Morgan fingerprint density at radius 3 is 2.46 bits per heavy atom. The van der Waals surface area contributed by atoms with E-state index in [0.717, 1.165) is 23.9 Å². The summed E-state index contributed by atoms with van der Waals surface area (Å²) in [5.41, 5.74) is 2.10. The van der Waals surface area contributed by atoms with Gasteiger partial charge in [0.05, 0.1) is 4.90 Å². The van der Waals surface area contributed by atoms with Crippen LogP contribution in [0.1, 0.15) is 12.5 Å². The Kier molecular flexibility index (Phi) is 4.32. The maximum Gasteiger partial charge on any atom is 0.267 e. The Morgan fingerprint density at radius 2 is 1.79 bits per heavy atom. The van der Waals surface area contributed by atoms with Gasteiger partial charge in [0.1, 0.15) is 5.75 Å². The standard InChI is InChI=1S/C18H19NO4S/c1-13(23-15-7-9-16(10-8-15)24(2,21)22)18(20)19-12-11-14-5-3-4-6-17(14)19/h3-10,13H,11-12H2,1-2H3. The molecule has 6 heteroatoms. The Balaban J connectivity index is 1.71. The summed E-state index contributed by atoms with van der Waals surface area (Å²) in [6.45, 7) is 2.35. The summed E-state index contributed by atoms with van der Waals surface area (Å²) < 4.78 is 28.6. The van der Waals surface area contributed by atoms with E-state index < -0.39 is 15.9 Å². The van der Waals surface area contributed by atoms with Gasteiger partial charge >= 0.3 is 0 Å². The average Bonchev–Trinajstić information content (AvgIpc) is 2.97. The molecular weight excluding hydrogens is 326 g/mol. The number of amides is 1. The molecule has 0 fully saturated rings. The van der Waals surface area contributed by atoms with Crippen LogP contribution < -0.4 is 9.64 Å². The summed E-state index contributed by atoms with van der Waals surface area (Å²) in [5.74, 6) is 0.364. The number of ether oxygens (including phenoxy) is 1. The summed E-state index contributed by atoms with van der Waals surface area (Å²) in [7, 11) is -3.24. The predicted molar refractivity (Wildman–Crippen MR) is 92.1 cm³/mol. The molecule has 1 atom stereocenters. The van der Waals surface area contributed by atoms with Crippen LogP contribution in [0.25, 0.3) is 0 Å². The van der Waals surface area contributed by atoms with Gasteiger partial charge in [-0.1, -0.05) is 18.2 Å². The first-order chi connectivity index (χ1) is 11.4. The van der Waals surface area contributed by atoms with Crippen molar-refractivity contribution < 1.29 is 17.9 Å². The van der Waals surface area contributed by atoms with Gasteiger partial charge in [-0.05, 0) is 49.2 Å². The molecule has 1 aliphatic rings. The smallest absolute Gasteiger partial charge is 0.267 e. The molecule has 5 nitrogen and oxygen atoms in total. The first-order valence-corrected chi connectivity index (χ1v) is 9.61. The molecule has 1 heterocycles. The van der Waals surface area contributed by atoms with E-state index in [1.54, 1.807) is 24.0 Å². The van der Waals surface area contributed by atoms with Crippen molar-refractivity contribution in [3.05, 3.63) is 54.1 Å². The van der Waals surface area contributed by atoms with Crippen molar-refractivity contribution in [2.75, 3.05) is 17.7 Å². The zero-order valence-electron chi connectivity index (χ0n) is 13.6. The van der Waals surface area contributed by atoms with Crippen molar-refractivity contribution >= 4 is 21.4 Å². The molecule has 1 unspecified atom stereocenters. The molecule has 0 aromatic heterocycles. The SMILES string of the molecule is CC(Oc1ccc(S(C)(=O)=O)cc1)C(=O)N1CCc2ccccc21. The monoisotopic (exact) mass is 345 g/mol. The largest absolute Gasteiger partial charge is 0.481 e. The third kappa shape index (κ3) is 3.28. The average molecular weight is 345 g/mol.